The highest BCUT2D eigenvalue weighted by Gasteiger charge is 2.30. The van der Waals surface area contributed by atoms with Gasteiger partial charge >= 0.3 is 0 Å². The second-order valence-electron chi connectivity index (χ2n) is 9.26. The number of benzene rings is 1. The third kappa shape index (κ3) is 6.75. The zero-order valence-corrected chi connectivity index (χ0v) is 21.1. The number of nitrogens with zero attached hydrogens (tertiary/aromatic N) is 1. The fourth-order valence-corrected chi connectivity index (χ4v) is 4.49. The van der Waals surface area contributed by atoms with Gasteiger partial charge in [-0.25, -0.2) is 0 Å². The van der Waals surface area contributed by atoms with Gasteiger partial charge in [0.1, 0.15) is 17.3 Å². The smallest absolute Gasteiger partial charge is 0.268 e. The Morgan fingerprint density at radius 1 is 1.29 bits per heavy atom. The van der Waals surface area contributed by atoms with E-state index in [0.717, 1.165) is 17.3 Å². The molecule has 190 valence electrons. The van der Waals surface area contributed by atoms with Crippen molar-refractivity contribution in [2.45, 2.75) is 39.2 Å². The molecule has 3 rings (SSSR count). The van der Waals surface area contributed by atoms with Crippen molar-refractivity contribution in [1.82, 2.24) is 20.5 Å². The van der Waals surface area contributed by atoms with Crippen LogP contribution in [0.2, 0.25) is 0 Å². The molecular formula is C25H33ClN4O5. The SMILES string of the molecule is COc1cccc2[nH]c(C(=O)N[C@@H](CC(C)C)C(=O)CN(CC3CCCNC3=O)C(=O)CCl)cc12. The van der Waals surface area contributed by atoms with Crippen molar-refractivity contribution in [3.05, 3.63) is 30.0 Å². The van der Waals surface area contributed by atoms with Gasteiger partial charge in [0.2, 0.25) is 11.8 Å². The summed E-state index contributed by atoms with van der Waals surface area (Å²) in [5, 5.41) is 6.38. The summed E-state index contributed by atoms with van der Waals surface area (Å²) >= 11 is 5.79. The minimum atomic E-state index is -0.804. The number of aromatic nitrogens is 1. The summed E-state index contributed by atoms with van der Waals surface area (Å²) in [5.41, 5.74) is 1.05. The van der Waals surface area contributed by atoms with Gasteiger partial charge in [-0.1, -0.05) is 19.9 Å². The summed E-state index contributed by atoms with van der Waals surface area (Å²) in [6.45, 7) is 4.41. The van der Waals surface area contributed by atoms with Gasteiger partial charge in [-0.3, -0.25) is 19.2 Å². The highest BCUT2D eigenvalue weighted by molar-refractivity contribution is 6.27. The van der Waals surface area contributed by atoms with Crippen LogP contribution in [0.3, 0.4) is 0 Å². The molecule has 1 aromatic carbocycles. The van der Waals surface area contributed by atoms with E-state index in [2.05, 4.69) is 15.6 Å². The Morgan fingerprint density at radius 2 is 2.06 bits per heavy atom. The van der Waals surface area contributed by atoms with E-state index in [1.807, 2.05) is 26.0 Å². The largest absolute Gasteiger partial charge is 0.496 e. The molecule has 2 atom stereocenters. The molecule has 0 bridgehead atoms. The third-order valence-electron chi connectivity index (χ3n) is 6.14. The van der Waals surface area contributed by atoms with E-state index < -0.39 is 17.9 Å². The summed E-state index contributed by atoms with van der Waals surface area (Å²) in [6, 6.07) is 6.34. The highest BCUT2D eigenvalue weighted by atomic mass is 35.5. The van der Waals surface area contributed by atoms with Crippen molar-refractivity contribution in [2.75, 3.05) is 32.6 Å². The lowest BCUT2D eigenvalue weighted by molar-refractivity contribution is -0.137. The van der Waals surface area contributed by atoms with Crippen molar-refractivity contribution < 1.29 is 23.9 Å². The fourth-order valence-electron chi connectivity index (χ4n) is 4.32. The summed E-state index contributed by atoms with van der Waals surface area (Å²) in [6.07, 6.45) is 1.86. The molecule has 0 spiro atoms. The first-order valence-electron chi connectivity index (χ1n) is 11.8. The number of ether oxygens (including phenoxy) is 1. The van der Waals surface area contributed by atoms with Crippen LogP contribution in [0.5, 0.6) is 5.75 Å². The van der Waals surface area contributed by atoms with Crippen LogP contribution in [0.15, 0.2) is 24.3 Å². The van der Waals surface area contributed by atoms with E-state index in [9.17, 15) is 19.2 Å². The van der Waals surface area contributed by atoms with Gasteiger partial charge in [-0.05, 0) is 43.4 Å². The Balaban J connectivity index is 1.75. The highest BCUT2D eigenvalue weighted by Crippen LogP contribution is 2.26. The Labute approximate surface area is 209 Å². The zero-order chi connectivity index (χ0) is 25.5. The van der Waals surface area contributed by atoms with Crippen LogP contribution < -0.4 is 15.4 Å². The van der Waals surface area contributed by atoms with E-state index in [4.69, 9.17) is 16.3 Å². The molecule has 1 saturated heterocycles. The number of Topliss-reactive ketones (excluding diaryl/α,β-unsaturated/α-hetero) is 1. The number of alkyl halides is 1. The van der Waals surface area contributed by atoms with Gasteiger partial charge in [0.15, 0.2) is 5.78 Å². The molecule has 2 aromatic rings. The van der Waals surface area contributed by atoms with Gasteiger partial charge in [0.05, 0.1) is 25.6 Å². The first-order valence-corrected chi connectivity index (χ1v) is 12.4. The molecule has 9 nitrogen and oxygen atoms in total. The molecule has 10 heteroatoms. The molecule has 1 fully saturated rings. The number of rotatable bonds is 11. The standard InChI is InChI=1S/C25H33ClN4O5/c1-15(2)10-19(29-25(34)20-11-17-18(28-20)7-4-8-22(17)35-3)21(31)14-30(23(32)12-26)13-16-6-5-9-27-24(16)33/h4,7-8,11,15-16,19,28H,5-6,9-10,12-14H2,1-3H3,(H,27,33)(H,29,34)/t16?,19-/m0/s1. The Hall–Kier alpha value is -3.07. The maximum Gasteiger partial charge on any atom is 0.268 e. The molecule has 1 unspecified atom stereocenters. The fraction of sp³-hybridized carbons (Fsp3) is 0.520. The van der Waals surface area contributed by atoms with Crippen LogP contribution in [0.1, 0.15) is 43.6 Å². The van der Waals surface area contributed by atoms with Crippen molar-refractivity contribution in [3.63, 3.8) is 0 Å². The maximum absolute atomic E-state index is 13.3. The zero-order valence-electron chi connectivity index (χ0n) is 20.4. The van der Waals surface area contributed by atoms with Crippen LogP contribution in [0.25, 0.3) is 10.9 Å². The molecule has 0 radical (unpaired) electrons. The number of halogens is 1. The van der Waals surface area contributed by atoms with E-state index in [1.165, 1.54) is 4.90 Å². The number of ketones is 1. The number of amides is 3. The van der Waals surface area contributed by atoms with Gasteiger partial charge in [-0.15, -0.1) is 11.6 Å². The van der Waals surface area contributed by atoms with Crippen molar-refractivity contribution >= 4 is 46.0 Å². The molecule has 0 aliphatic carbocycles. The van der Waals surface area contributed by atoms with Gasteiger partial charge in [0.25, 0.3) is 5.91 Å². The number of carbonyl (C=O) groups is 4. The lowest BCUT2D eigenvalue weighted by Gasteiger charge is -2.30. The number of hydrogen-bond donors (Lipinski definition) is 3. The van der Waals surface area contributed by atoms with Crippen LogP contribution in [0.4, 0.5) is 0 Å². The summed E-state index contributed by atoms with van der Waals surface area (Å²) in [7, 11) is 1.56. The second-order valence-corrected chi connectivity index (χ2v) is 9.53. The molecule has 1 aromatic heterocycles. The minimum Gasteiger partial charge on any atom is -0.496 e. The summed E-state index contributed by atoms with van der Waals surface area (Å²) < 4.78 is 5.36. The number of methoxy groups -OCH3 is 1. The lowest BCUT2D eigenvalue weighted by atomic mass is 9.96. The van der Waals surface area contributed by atoms with Crippen molar-refractivity contribution in [2.24, 2.45) is 11.8 Å². The monoisotopic (exact) mass is 504 g/mol. The quantitative estimate of drug-likeness (QED) is 0.406. The number of nitrogens with one attached hydrogen (secondary N) is 3. The molecule has 3 amide bonds. The number of aromatic amines is 1. The average Bonchev–Trinajstić information content (AvgIpc) is 3.28. The Kier molecular flexibility index (Phi) is 9.14. The van der Waals surface area contributed by atoms with Crippen LogP contribution in [-0.4, -0.2) is 72.1 Å². The van der Waals surface area contributed by atoms with Crippen LogP contribution in [0, 0.1) is 11.8 Å². The average molecular weight is 505 g/mol. The van der Waals surface area contributed by atoms with Crippen molar-refractivity contribution in [3.8, 4) is 5.75 Å². The number of H-pyrrole nitrogens is 1. The normalized spacial score (nSPS) is 16.6. The van der Waals surface area contributed by atoms with Crippen molar-refractivity contribution in [1.29, 1.82) is 0 Å². The molecule has 35 heavy (non-hydrogen) atoms. The maximum atomic E-state index is 13.3. The molecule has 1 aliphatic rings. The molecule has 2 heterocycles. The number of fused-ring (bicyclic) bond motifs is 1. The second kappa shape index (κ2) is 12.1. The molecule has 3 N–H and O–H groups in total. The van der Waals surface area contributed by atoms with Crippen LogP contribution in [-0.2, 0) is 14.4 Å². The van der Waals surface area contributed by atoms with Crippen LogP contribution >= 0.6 is 11.6 Å². The summed E-state index contributed by atoms with van der Waals surface area (Å²) in [5.74, 6) is -1.21. The first-order chi connectivity index (χ1) is 16.7. The molecular weight excluding hydrogens is 472 g/mol. The topological polar surface area (TPSA) is 121 Å². The predicted molar refractivity (Wildman–Crippen MR) is 134 cm³/mol. The Bertz CT molecular complexity index is 1080. The predicted octanol–water partition coefficient (Wildman–Crippen LogP) is 2.48. The number of hydrogen-bond acceptors (Lipinski definition) is 5. The van der Waals surface area contributed by atoms with E-state index in [1.54, 1.807) is 19.2 Å². The van der Waals surface area contributed by atoms with E-state index >= 15 is 0 Å². The van der Waals surface area contributed by atoms with Gasteiger partial charge in [0, 0.05) is 24.0 Å². The van der Waals surface area contributed by atoms with Gasteiger partial charge < -0.3 is 25.3 Å². The third-order valence-corrected chi connectivity index (χ3v) is 6.37. The number of piperidine rings is 1. The van der Waals surface area contributed by atoms with Gasteiger partial charge in [-0.2, -0.15) is 0 Å². The van der Waals surface area contributed by atoms with E-state index in [0.29, 0.717) is 30.8 Å². The molecule has 1 aliphatic heterocycles. The number of carbonyl (C=O) groups excluding carboxylic acids is 4. The minimum absolute atomic E-state index is 0.118. The first kappa shape index (κ1) is 26.5. The summed E-state index contributed by atoms with van der Waals surface area (Å²) in [4.78, 5) is 55.4. The molecule has 0 saturated carbocycles. The lowest BCUT2D eigenvalue weighted by Crippen LogP contribution is -2.50. The van der Waals surface area contributed by atoms with E-state index in [-0.39, 0.29) is 42.5 Å². The Morgan fingerprint density at radius 3 is 2.71 bits per heavy atom.